The Labute approximate surface area is 252 Å². The standard InChI is InChI=1S/C26H26BrCl2N3O6S2/c27-21-4-9-24(10-5-21)40(36,37)32(17-20-3-6-22(28)15-25(20)29)18-26(33)30-16-19-1-7-23(8-2-19)39(34,35)31-11-13-38-14-12-31/h1-10,15H,11-14,16-18H2,(H,30,33). The van der Waals surface area contributed by atoms with Gasteiger partial charge >= 0.3 is 0 Å². The van der Waals surface area contributed by atoms with Crippen molar-refractivity contribution in [1.82, 2.24) is 13.9 Å². The molecule has 0 atom stereocenters. The molecule has 14 heteroatoms. The third-order valence-electron chi connectivity index (χ3n) is 6.15. The summed E-state index contributed by atoms with van der Waals surface area (Å²) in [5, 5.41) is 3.38. The molecular weight excluding hydrogens is 665 g/mol. The molecule has 9 nitrogen and oxygen atoms in total. The molecule has 4 rings (SSSR count). The Morgan fingerprint density at radius 2 is 1.55 bits per heavy atom. The monoisotopic (exact) mass is 689 g/mol. The lowest BCUT2D eigenvalue weighted by molar-refractivity contribution is -0.121. The minimum absolute atomic E-state index is 0.0191. The lowest BCUT2D eigenvalue weighted by Gasteiger charge is -2.26. The van der Waals surface area contributed by atoms with Crippen molar-refractivity contribution in [2.45, 2.75) is 22.9 Å². The number of hydrogen-bond donors (Lipinski definition) is 1. The first-order valence-electron chi connectivity index (χ1n) is 12.1. The Morgan fingerprint density at radius 1 is 0.925 bits per heavy atom. The van der Waals surface area contributed by atoms with Crippen LogP contribution in [-0.2, 0) is 42.7 Å². The molecule has 0 spiro atoms. The highest BCUT2D eigenvalue weighted by molar-refractivity contribution is 9.10. The molecule has 0 radical (unpaired) electrons. The molecule has 1 heterocycles. The van der Waals surface area contributed by atoms with Crippen LogP contribution in [0.3, 0.4) is 0 Å². The summed E-state index contributed by atoms with van der Waals surface area (Å²) >= 11 is 15.6. The number of carbonyl (C=O) groups excluding carboxylic acids is 1. The van der Waals surface area contributed by atoms with E-state index in [1.165, 1.54) is 34.6 Å². The van der Waals surface area contributed by atoms with Crippen LogP contribution in [0.2, 0.25) is 10.0 Å². The predicted octanol–water partition coefficient (Wildman–Crippen LogP) is 4.28. The molecule has 3 aromatic rings. The van der Waals surface area contributed by atoms with Gasteiger partial charge in [0.1, 0.15) is 0 Å². The van der Waals surface area contributed by atoms with Crippen LogP contribution in [0.25, 0.3) is 0 Å². The number of benzene rings is 3. The molecule has 1 aliphatic rings. The molecule has 1 N–H and O–H groups in total. The Balaban J connectivity index is 1.46. The molecule has 3 aromatic carbocycles. The second kappa shape index (κ2) is 13.3. The van der Waals surface area contributed by atoms with Crippen molar-refractivity contribution in [3.05, 3.63) is 92.4 Å². The van der Waals surface area contributed by atoms with Gasteiger partial charge in [0.05, 0.1) is 29.5 Å². The van der Waals surface area contributed by atoms with E-state index in [0.717, 1.165) is 4.31 Å². The van der Waals surface area contributed by atoms with Crippen molar-refractivity contribution in [3.63, 3.8) is 0 Å². The fourth-order valence-corrected chi connectivity index (χ4v) is 7.47. The van der Waals surface area contributed by atoms with Crippen LogP contribution >= 0.6 is 39.1 Å². The predicted molar refractivity (Wildman–Crippen MR) is 156 cm³/mol. The highest BCUT2D eigenvalue weighted by Crippen LogP contribution is 2.26. The summed E-state index contributed by atoms with van der Waals surface area (Å²) in [7, 11) is -7.71. The summed E-state index contributed by atoms with van der Waals surface area (Å²) < 4.78 is 61.0. The average Bonchev–Trinajstić information content (AvgIpc) is 2.94. The first-order chi connectivity index (χ1) is 19.0. The molecule has 1 aliphatic heterocycles. The molecular formula is C26H26BrCl2N3O6S2. The second-order valence-corrected chi connectivity index (χ2v) is 14.5. The molecule has 0 saturated carbocycles. The quantitative estimate of drug-likeness (QED) is 0.340. The van der Waals surface area contributed by atoms with Gasteiger partial charge < -0.3 is 10.1 Å². The van der Waals surface area contributed by atoms with Gasteiger partial charge in [0.25, 0.3) is 0 Å². The largest absolute Gasteiger partial charge is 0.379 e. The van der Waals surface area contributed by atoms with Crippen LogP contribution in [0.4, 0.5) is 0 Å². The molecule has 0 bridgehead atoms. The second-order valence-electron chi connectivity index (χ2n) is 8.90. The van der Waals surface area contributed by atoms with Gasteiger partial charge in [0.2, 0.25) is 26.0 Å². The van der Waals surface area contributed by atoms with E-state index >= 15 is 0 Å². The summed E-state index contributed by atoms with van der Waals surface area (Å²) in [4.78, 5) is 13.1. The number of ether oxygens (including phenoxy) is 1. The van der Waals surface area contributed by atoms with Gasteiger partial charge in [0.15, 0.2) is 0 Å². The summed E-state index contributed by atoms with van der Waals surface area (Å²) in [6.45, 7) is 0.730. The fourth-order valence-electron chi connectivity index (χ4n) is 3.95. The van der Waals surface area contributed by atoms with Crippen molar-refractivity contribution in [2.75, 3.05) is 32.8 Å². The van der Waals surface area contributed by atoms with Crippen molar-refractivity contribution >= 4 is 65.1 Å². The zero-order chi connectivity index (χ0) is 28.9. The summed E-state index contributed by atoms with van der Waals surface area (Å²) in [5.74, 6) is -0.546. The topological polar surface area (TPSA) is 113 Å². The molecule has 40 heavy (non-hydrogen) atoms. The molecule has 0 unspecified atom stereocenters. The summed E-state index contributed by atoms with van der Waals surface area (Å²) in [6, 6.07) is 17.0. The van der Waals surface area contributed by atoms with E-state index in [-0.39, 0.29) is 27.9 Å². The first kappa shape index (κ1) is 30.9. The molecule has 214 valence electrons. The minimum atomic E-state index is -4.07. The molecule has 0 aliphatic carbocycles. The van der Waals surface area contributed by atoms with E-state index in [4.69, 9.17) is 27.9 Å². The SMILES string of the molecule is O=C(CN(Cc1ccc(Cl)cc1Cl)S(=O)(=O)c1ccc(Br)cc1)NCc1ccc(S(=O)(=O)N2CCOCC2)cc1. The van der Waals surface area contributed by atoms with E-state index in [1.54, 1.807) is 36.4 Å². The van der Waals surface area contributed by atoms with Gasteiger partial charge in [0, 0.05) is 40.7 Å². The number of nitrogens with zero attached hydrogens (tertiary/aromatic N) is 2. The van der Waals surface area contributed by atoms with Crippen molar-refractivity contribution < 1.29 is 26.4 Å². The maximum atomic E-state index is 13.5. The highest BCUT2D eigenvalue weighted by atomic mass is 79.9. The third-order valence-corrected chi connectivity index (χ3v) is 11.0. The number of rotatable bonds is 10. The number of hydrogen-bond acceptors (Lipinski definition) is 6. The van der Waals surface area contributed by atoms with E-state index in [1.807, 2.05) is 0 Å². The van der Waals surface area contributed by atoms with Gasteiger partial charge in [-0.3, -0.25) is 4.79 Å². The lowest BCUT2D eigenvalue weighted by Crippen LogP contribution is -2.40. The number of sulfonamides is 2. The molecule has 1 amide bonds. The van der Waals surface area contributed by atoms with Gasteiger partial charge in [-0.05, 0) is 59.7 Å². The highest BCUT2D eigenvalue weighted by Gasteiger charge is 2.28. The number of carbonyl (C=O) groups is 1. The smallest absolute Gasteiger partial charge is 0.243 e. The van der Waals surface area contributed by atoms with Gasteiger partial charge in [-0.25, -0.2) is 16.8 Å². The molecule has 0 aromatic heterocycles. The number of nitrogens with one attached hydrogen (secondary N) is 1. The van der Waals surface area contributed by atoms with E-state index in [0.29, 0.717) is 46.9 Å². The fraction of sp³-hybridized carbons (Fsp3) is 0.269. The Hall–Kier alpha value is -2.03. The van der Waals surface area contributed by atoms with Crippen LogP contribution in [0, 0.1) is 0 Å². The normalized spacial score (nSPS) is 14.8. The van der Waals surface area contributed by atoms with Crippen molar-refractivity contribution in [3.8, 4) is 0 Å². The van der Waals surface area contributed by atoms with Gasteiger partial charge in [-0.1, -0.05) is 57.3 Å². The zero-order valence-electron chi connectivity index (χ0n) is 21.1. The van der Waals surface area contributed by atoms with Gasteiger partial charge in [-0.2, -0.15) is 8.61 Å². The van der Waals surface area contributed by atoms with Crippen LogP contribution in [-0.4, -0.2) is 64.2 Å². The van der Waals surface area contributed by atoms with Crippen molar-refractivity contribution in [2.24, 2.45) is 0 Å². The van der Waals surface area contributed by atoms with Crippen LogP contribution in [0.15, 0.2) is 81.0 Å². The minimum Gasteiger partial charge on any atom is -0.379 e. The molecule has 1 fully saturated rings. The summed E-state index contributed by atoms with van der Waals surface area (Å²) in [5.41, 5.74) is 1.13. The first-order valence-corrected chi connectivity index (χ1v) is 16.5. The Morgan fingerprint density at radius 3 is 2.17 bits per heavy atom. The zero-order valence-corrected chi connectivity index (χ0v) is 25.8. The average molecular weight is 691 g/mol. The van der Waals surface area contributed by atoms with Crippen LogP contribution in [0.5, 0.6) is 0 Å². The van der Waals surface area contributed by atoms with Crippen molar-refractivity contribution in [1.29, 1.82) is 0 Å². The third kappa shape index (κ3) is 7.62. The number of morpholine rings is 1. The van der Waals surface area contributed by atoms with E-state index in [9.17, 15) is 21.6 Å². The number of amides is 1. The Bertz CT molecular complexity index is 1560. The maximum absolute atomic E-state index is 13.5. The van der Waals surface area contributed by atoms with E-state index < -0.39 is 32.5 Å². The summed E-state index contributed by atoms with van der Waals surface area (Å²) in [6.07, 6.45) is 0. The van der Waals surface area contributed by atoms with E-state index in [2.05, 4.69) is 21.2 Å². The van der Waals surface area contributed by atoms with Gasteiger partial charge in [-0.15, -0.1) is 0 Å². The number of halogens is 3. The Kier molecular flexibility index (Phi) is 10.3. The van der Waals surface area contributed by atoms with Crippen LogP contribution < -0.4 is 5.32 Å². The lowest BCUT2D eigenvalue weighted by atomic mass is 10.2. The maximum Gasteiger partial charge on any atom is 0.243 e. The van der Waals surface area contributed by atoms with Crippen LogP contribution in [0.1, 0.15) is 11.1 Å². The molecule has 1 saturated heterocycles.